The molecule has 2 aromatic rings. The Labute approximate surface area is 141 Å². The minimum Gasteiger partial charge on any atom is -0.337 e. The van der Waals surface area contributed by atoms with Gasteiger partial charge in [-0.25, -0.2) is 4.39 Å². The lowest BCUT2D eigenvalue weighted by Gasteiger charge is -2.34. The fourth-order valence-electron chi connectivity index (χ4n) is 2.73. The fourth-order valence-corrected chi connectivity index (χ4v) is 2.73. The monoisotopic (exact) mass is 325 g/mol. The van der Waals surface area contributed by atoms with Crippen molar-refractivity contribution in [1.82, 2.24) is 14.8 Å². The molecule has 4 nitrogen and oxygen atoms in total. The maximum Gasteiger partial charge on any atom is 0.246 e. The molecule has 1 aromatic carbocycles. The van der Waals surface area contributed by atoms with Crippen LogP contribution in [0.1, 0.15) is 11.3 Å². The molecule has 0 saturated carbocycles. The summed E-state index contributed by atoms with van der Waals surface area (Å²) in [7, 11) is 0. The van der Waals surface area contributed by atoms with Crippen LogP contribution in [0, 0.1) is 5.82 Å². The summed E-state index contributed by atoms with van der Waals surface area (Å²) in [5, 5.41) is 0. The Bertz CT molecular complexity index is 710. The van der Waals surface area contributed by atoms with Gasteiger partial charge in [0.25, 0.3) is 0 Å². The van der Waals surface area contributed by atoms with Crippen molar-refractivity contribution in [2.75, 3.05) is 26.2 Å². The summed E-state index contributed by atoms with van der Waals surface area (Å²) in [6, 6.07) is 12.1. The van der Waals surface area contributed by atoms with E-state index in [-0.39, 0.29) is 11.7 Å². The molecule has 1 aliphatic heterocycles. The third kappa shape index (κ3) is 4.49. The molecular weight excluding hydrogens is 305 g/mol. The normalized spacial score (nSPS) is 15.8. The van der Waals surface area contributed by atoms with Crippen molar-refractivity contribution < 1.29 is 9.18 Å². The Kier molecular flexibility index (Phi) is 5.33. The van der Waals surface area contributed by atoms with Crippen molar-refractivity contribution in [2.24, 2.45) is 0 Å². The molecule has 1 amide bonds. The quantitative estimate of drug-likeness (QED) is 0.811. The average Bonchev–Trinajstić information content (AvgIpc) is 2.61. The van der Waals surface area contributed by atoms with Crippen LogP contribution in [-0.4, -0.2) is 46.9 Å². The number of carbonyl (C=O) groups excluding carboxylic acids is 1. The molecule has 1 fully saturated rings. The van der Waals surface area contributed by atoms with Crippen LogP contribution in [0.5, 0.6) is 0 Å². The molecule has 124 valence electrons. The number of carbonyl (C=O) groups is 1. The zero-order valence-electron chi connectivity index (χ0n) is 13.4. The fraction of sp³-hybridized carbons (Fsp3) is 0.263. The number of halogens is 1. The largest absolute Gasteiger partial charge is 0.337 e. The van der Waals surface area contributed by atoms with Gasteiger partial charge in [0.2, 0.25) is 5.91 Å². The summed E-state index contributed by atoms with van der Waals surface area (Å²) in [5.74, 6) is -0.329. The Balaban J connectivity index is 1.50. The Morgan fingerprint density at radius 3 is 2.67 bits per heavy atom. The highest BCUT2D eigenvalue weighted by Gasteiger charge is 2.19. The summed E-state index contributed by atoms with van der Waals surface area (Å²) in [6.45, 7) is 3.85. The molecule has 0 N–H and O–H groups in total. The minimum atomic E-state index is -0.298. The van der Waals surface area contributed by atoms with Crippen LogP contribution in [0.25, 0.3) is 6.08 Å². The summed E-state index contributed by atoms with van der Waals surface area (Å²) in [4.78, 5) is 20.7. The van der Waals surface area contributed by atoms with Gasteiger partial charge in [-0.3, -0.25) is 14.7 Å². The maximum absolute atomic E-state index is 13.1. The minimum absolute atomic E-state index is 0.0308. The predicted molar refractivity (Wildman–Crippen MR) is 91.5 cm³/mol. The highest BCUT2D eigenvalue weighted by molar-refractivity contribution is 5.91. The standard InChI is InChI=1S/C19H20FN3O/c20-17-5-3-4-16(14-17)7-8-19(24)23-12-10-22(11-13-23)15-18-6-1-2-9-21-18/h1-9,14H,10-13,15H2/b8-7+. The first kappa shape index (κ1) is 16.3. The number of hydrogen-bond donors (Lipinski definition) is 0. The predicted octanol–water partition coefficient (Wildman–Crippen LogP) is 2.58. The highest BCUT2D eigenvalue weighted by Crippen LogP contribution is 2.09. The first-order valence-corrected chi connectivity index (χ1v) is 8.05. The number of hydrogen-bond acceptors (Lipinski definition) is 3. The lowest BCUT2D eigenvalue weighted by Crippen LogP contribution is -2.47. The second kappa shape index (κ2) is 7.84. The summed E-state index contributed by atoms with van der Waals surface area (Å²) < 4.78 is 13.1. The summed E-state index contributed by atoms with van der Waals surface area (Å²) in [5.41, 5.74) is 1.74. The van der Waals surface area contributed by atoms with E-state index in [1.807, 2.05) is 23.1 Å². The van der Waals surface area contributed by atoms with E-state index in [9.17, 15) is 9.18 Å². The van der Waals surface area contributed by atoms with E-state index in [1.54, 1.807) is 24.4 Å². The van der Waals surface area contributed by atoms with Crippen LogP contribution >= 0.6 is 0 Å². The van der Waals surface area contributed by atoms with Gasteiger partial charge in [-0.05, 0) is 35.9 Å². The molecule has 1 saturated heterocycles. The van der Waals surface area contributed by atoms with Crippen molar-refractivity contribution in [3.05, 3.63) is 71.8 Å². The molecule has 0 atom stereocenters. The van der Waals surface area contributed by atoms with Gasteiger partial charge >= 0.3 is 0 Å². The van der Waals surface area contributed by atoms with Crippen molar-refractivity contribution >= 4 is 12.0 Å². The van der Waals surface area contributed by atoms with Gasteiger partial charge in [-0.2, -0.15) is 0 Å². The molecule has 1 aromatic heterocycles. The van der Waals surface area contributed by atoms with Gasteiger partial charge in [0, 0.05) is 45.0 Å². The molecule has 24 heavy (non-hydrogen) atoms. The second-order valence-electron chi connectivity index (χ2n) is 5.81. The molecule has 0 unspecified atom stereocenters. The third-order valence-electron chi connectivity index (χ3n) is 4.06. The van der Waals surface area contributed by atoms with Crippen LogP contribution in [0.3, 0.4) is 0 Å². The van der Waals surface area contributed by atoms with E-state index in [1.165, 1.54) is 18.2 Å². The molecule has 0 spiro atoms. The van der Waals surface area contributed by atoms with Gasteiger partial charge < -0.3 is 4.90 Å². The van der Waals surface area contributed by atoms with E-state index in [4.69, 9.17) is 0 Å². The maximum atomic E-state index is 13.1. The molecule has 0 aliphatic carbocycles. The van der Waals surface area contributed by atoms with Crippen LogP contribution in [0.2, 0.25) is 0 Å². The van der Waals surface area contributed by atoms with E-state index < -0.39 is 0 Å². The van der Waals surface area contributed by atoms with E-state index >= 15 is 0 Å². The van der Waals surface area contributed by atoms with Crippen molar-refractivity contribution in [2.45, 2.75) is 6.54 Å². The number of aromatic nitrogens is 1. The molecular formula is C19H20FN3O. The van der Waals surface area contributed by atoms with Gasteiger partial charge in [-0.15, -0.1) is 0 Å². The van der Waals surface area contributed by atoms with Crippen LogP contribution in [-0.2, 0) is 11.3 Å². The lowest BCUT2D eigenvalue weighted by molar-refractivity contribution is -0.127. The van der Waals surface area contributed by atoms with Crippen LogP contribution in [0.4, 0.5) is 4.39 Å². The number of rotatable bonds is 4. The van der Waals surface area contributed by atoms with Gasteiger partial charge in [0.1, 0.15) is 5.82 Å². The van der Waals surface area contributed by atoms with Crippen molar-refractivity contribution in [3.63, 3.8) is 0 Å². The number of benzene rings is 1. The lowest BCUT2D eigenvalue weighted by atomic mass is 10.2. The molecule has 0 bridgehead atoms. The molecule has 0 radical (unpaired) electrons. The van der Waals surface area contributed by atoms with Crippen LogP contribution in [0.15, 0.2) is 54.7 Å². The summed E-state index contributed by atoms with van der Waals surface area (Å²) >= 11 is 0. The van der Waals surface area contributed by atoms with Gasteiger partial charge in [0.15, 0.2) is 0 Å². The topological polar surface area (TPSA) is 36.4 Å². The number of pyridine rings is 1. The third-order valence-corrected chi connectivity index (χ3v) is 4.06. The van der Waals surface area contributed by atoms with E-state index in [0.29, 0.717) is 18.7 Å². The SMILES string of the molecule is O=C(/C=C/c1cccc(F)c1)N1CCN(Cc2ccccn2)CC1. The molecule has 1 aliphatic rings. The first-order chi connectivity index (χ1) is 11.7. The van der Waals surface area contributed by atoms with Crippen molar-refractivity contribution in [1.29, 1.82) is 0 Å². The average molecular weight is 325 g/mol. The van der Waals surface area contributed by atoms with E-state index in [2.05, 4.69) is 9.88 Å². The number of nitrogens with zero attached hydrogens (tertiary/aromatic N) is 3. The second-order valence-corrected chi connectivity index (χ2v) is 5.81. The van der Waals surface area contributed by atoms with E-state index in [0.717, 1.165) is 25.3 Å². The zero-order valence-corrected chi connectivity index (χ0v) is 13.4. The Hall–Kier alpha value is -2.53. The van der Waals surface area contributed by atoms with Crippen LogP contribution < -0.4 is 0 Å². The zero-order chi connectivity index (χ0) is 16.8. The molecule has 2 heterocycles. The number of piperazine rings is 1. The van der Waals surface area contributed by atoms with Gasteiger partial charge in [-0.1, -0.05) is 18.2 Å². The smallest absolute Gasteiger partial charge is 0.246 e. The van der Waals surface area contributed by atoms with Gasteiger partial charge in [0.05, 0.1) is 5.69 Å². The Morgan fingerprint density at radius 2 is 1.96 bits per heavy atom. The number of amides is 1. The Morgan fingerprint density at radius 1 is 1.12 bits per heavy atom. The molecule has 3 rings (SSSR count). The first-order valence-electron chi connectivity index (χ1n) is 8.05. The molecule has 5 heteroatoms. The highest BCUT2D eigenvalue weighted by atomic mass is 19.1. The summed E-state index contributed by atoms with van der Waals surface area (Å²) in [6.07, 6.45) is 4.97. The van der Waals surface area contributed by atoms with Crippen molar-refractivity contribution in [3.8, 4) is 0 Å².